The maximum Gasteiger partial charge on any atom is 0.181 e. The second-order valence-electron chi connectivity index (χ2n) is 2.47. The number of aromatic nitrogens is 1. The highest BCUT2D eigenvalue weighted by atomic mass is 127. The van der Waals surface area contributed by atoms with Crippen LogP contribution in [0.2, 0.25) is 0 Å². The van der Waals surface area contributed by atoms with Gasteiger partial charge in [-0.05, 0) is 34.7 Å². The average Bonchev–Trinajstić information content (AvgIpc) is 2.47. The van der Waals surface area contributed by atoms with Crippen LogP contribution in [0.4, 0.5) is 5.13 Å². The Morgan fingerprint density at radius 2 is 2.31 bits per heavy atom. The van der Waals surface area contributed by atoms with Gasteiger partial charge < -0.3 is 5.73 Å². The lowest BCUT2D eigenvalue weighted by atomic mass is 10.2. The number of nitrogens with zero attached hydrogens (tertiary/aromatic N) is 1. The van der Waals surface area contributed by atoms with E-state index in [4.69, 9.17) is 12.2 Å². The number of terminal acetylenes is 1. The van der Waals surface area contributed by atoms with Gasteiger partial charge in [-0.3, -0.25) is 0 Å². The lowest BCUT2D eigenvalue weighted by Crippen LogP contribution is -1.84. The van der Waals surface area contributed by atoms with Crippen molar-refractivity contribution in [3.63, 3.8) is 0 Å². The minimum absolute atomic E-state index is 0.585. The summed E-state index contributed by atoms with van der Waals surface area (Å²) in [5.74, 6) is 2.61. The second-order valence-corrected chi connectivity index (χ2v) is 4.61. The zero-order valence-electron chi connectivity index (χ0n) is 6.54. The van der Waals surface area contributed by atoms with Crippen LogP contribution in [0.3, 0.4) is 0 Å². The highest BCUT2D eigenvalue weighted by molar-refractivity contribution is 14.1. The summed E-state index contributed by atoms with van der Waals surface area (Å²) in [5, 5.41) is 0.585. The number of hydrogen-bond donors (Lipinski definition) is 1. The Morgan fingerprint density at radius 3 is 3.00 bits per heavy atom. The first-order valence-corrected chi connectivity index (χ1v) is 5.43. The van der Waals surface area contributed by atoms with Crippen molar-refractivity contribution in [2.24, 2.45) is 0 Å². The monoisotopic (exact) mass is 300 g/mol. The Bertz CT molecular complexity index is 510. The van der Waals surface area contributed by atoms with Crippen molar-refractivity contribution in [3.05, 3.63) is 21.3 Å². The molecule has 0 radical (unpaired) electrons. The first kappa shape index (κ1) is 8.78. The molecule has 0 atom stereocenters. The largest absolute Gasteiger partial charge is 0.375 e. The minimum atomic E-state index is 0.585. The molecule has 1 heterocycles. The van der Waals surface area contributed by atoms with E-state index in [-0.39, 0.29) is 0 Å². The van der Waals surface area contributed by atoms with Gasteiger partial charge in [0.25, 0.3) is 0 Å². The predicted molar refractivity (Wildman–Crippen MR) is 64.7 cm³/mol. The Hall–Kier alpha value is -0.800. The Morgan fingerprint density at radius 1 is 1.54 bits per heavy atom. The molecule has 0 amide bonds. The molecular weight excluding hydrogens is 295 g/mol. The first-order valence-electron chi connectivity index (χ1n) is 3.53. The Kier molecular flexibility index (Phi) is 2.14. The van der Waals surface area contributed by atoms with Crippen molar-refractivity contribution in [2.45, 2.75) is 0 Å². The number of hydrogen-bond acceptors (Lipinski definition) is 3. The van der Waals surface area contributed by atoms with Gasteiger partial charge in [0.05, 0.1) is 13.8 Å². The van der Waals surface area contributed by atoms with E-state index in [1.165, 1.54) is 11.3 Å². The highest BCUT2D eigenvalue weighted by Gasteiger charge is 2.07. The van der Waals surface area contributed by atoms with Gasteiger partial charge in [-0.1, -0.05) is 17.3 Å². The fourth-order valence-electron chi connectivity index (χ4n) is 1.09. The number of nitrogen functional groups attached to an aromatic ring is 1. The molecule has 0 saturated heterocycles. The van der Waals surface area contributed by atoms with Crippen molar-refractivity contribution < 1.29 is 0 Å². The lowest BCUT2D eigenvalue weighted by Gasteiger charge is -1.95. The van der Waals surface area contributed by atoms with E-state index >= 15 is 0 Å². The molecule has 0 unspecified atom stereocenters. The summed E-state index contributed by atoms with van der Waals surface area (Å²) in [4.78, 5) is 4.21. The van der Waals surface area contributed by atoms with E-state index < -0.39 is 0 Å². The number of rotatable bonds is 0. The van der Waals surface area contributed by atoms with Crippen molar-refractivity contribution in [2.75, 3.05) is 5.73 Å². The third-order valence-electron chi connectivity index (χ3n) is 1.67. The van der Waals surface area contributed by atoms with Gasteiger partial charge in [-0.2, -0.15) is 0 Å². The summed E-state index contributed by atoms with van der Waals surface area (Å²) in [7, 11) is 0. The van der Waals surface area contributed by atoms with Gasteiger partial charge in [-0.15, -0.1) is 6.42 Å². The molecule has 2 aromatic rings. The first-order chi connectivity index (χ1) is 6.22. The van der Waals surface area contributed by atoms with Crippen molar-refractivity contribution in [1.29, 1.82) is 0 Å². The van der Waals surface area contributed by atoms with Crippen LogP contribution in [-0.4, -0.2) is 4.98 Å². The van der Waals surface area contributed by atoms with Gasteiger partial charge in [0.15, 0.2) is 5.13 Å². The van der Waals surface area contributed by atoms with Crippen LogP contribution in [0.1, 0.15) is 5.56 Å². The fourth-order valence-corrected chi connectivity index (χ4v) is 2.76. The van der Waals surface area contributed by atoms with Crippen LogP contribution in [0.15, 0.2) is 12.1 Å². The molecule has 1 aromatic heterocycles. The number of benzene rings is 1. The second kappa shape index (κ2) is 3.16. The number of halogens is 1. The molecule has 13 heavy (non-hydrogen) atoms. The molecule has 64 valence electrons. The molecule has 0 spiro atoms. The summed E-state index contributed by atoms with van der Waals surface area (Å²) in [6, 6.07) is 3.88. The maximum atomic E-state index is 5.60. The molecule has 0 aliphatic carbocycles. The molecule has 0 aliphatic heterocycles. The number of anilines is 1. The number of fused-ring (bicyclic) bond motifs is 1. The molecule has 1 aromatic carbocycles. The summed E-state index contributed by atoms with van der Waals surface area (Å²) in [6.07, 6.45) is 5.34. The Labute approximate surface area is 93.3 Å². The van der Waals surface area contributed by atoms with Crippen molar-refractivity contribution >= 4 is 49.3 Å². The normalized spacial score (nSPS) is 10.2. The van der Waals surface area contributed by atoms with Gasteiger partial charge in [0, 0.05) is 5.56 Å². The topological polar surface area (TPSA) is 38.9 Å². The third-order valence-corrected chi connectivity index (χ3v) is 3.61. The smallest absolute Gasteiger partial charge is 0.181 e. The highest BCUT2D eigenvalue weighted by Crippen LogP contribution is 2.29. The third kappa shape index (κ3) is 1.38. The molecule has 0 saturated carbocycles. The maximum absolute atomic E-state index is 5.60. The standard InChI is InChI=1S/C9H5IN2S/c1-2-5-3-4-6-8(7(5)10)12-9(11)13-6/h1,3-4H,(H2,11,12). The van der Waals surface area contributed by atoms with E-state index in [9.17, 15) is 0 Å². The van der Waals surface area contributed by atoms with E-state index in [0.717, 1.165) is 19.4 Å². The van der Waals surface area contributed by atoms with Gasteiger partial charge in [0.2, 0.25) is 0 Å². The number of thiazole rings is 1. The summed E-state index contributed by atoms with van der Waals surface area (Å²) < 4.78 is 2.09. The summed E-state index contributed by atoms with van der Waals surface area (Å²) in [5.41, 5.74) is 7.39. The van der Waals surface area contributed by atoms with E-state index in [2.05, 4.69) is 33.5 Å². The quantitative estimate of drug-likeness (QED) is 0.599. The predicted octanol–water partition coefficient (Wildman–Crippen LogP) is 2.46. The SMILES string of the molecule is C#Cc1ccc2sc(N)nc2c1I. The Balaban J connectivity index is 2.87. The zero-order valence-corrected chi connectivity index (χ0v) is 9.52. The van der Waals surface area contributed by atoms with Gasteiger partial charge in [0.1, 0.15) is 0 Å². The minimum Gasteiger partial charge on any atom is -0.375 e. The van der Waals surface area contributed by atoms with Crippen molar-refractivity contribution in [1.82, 2.24) is 4.98 Å². The van der Waals surface area contributed by atoms with Gasteiger partial charge >= 0.3 is 0 Å². The van der Waals surface area contributed by atoms with E-state index in [1.807, 2.05) is 12.1 Å². The molecular formula is C9H5IN2S. The molecule has 2 rings (SSSR count). The van der Waals surface area contributed by atoms with Crippen LogP contribution in [0.5, 0.6) is 0 Å². The molecule has 2 nitrogen and oxygen atoms in total. The van der Waals surface area contributed by atoms with Crippen LogP contribution in [0, 0.1) is 15.9 Å². The van der Waals surface area contributed by atoms with Crippen LogP contribution >= 0.6 is 33.9 Å². The zero-order chi connectivity index (χ0) is 9.42. The molecule has 0 aliphatic rings. The molecule has 0 bridgehead atoms. The van der Waals surface area contributed by atoms with Crippen LogP contribution in [0.25, 0.3) is 10.2 Å². The summed E-state index contributed by atoms with van der Waals surface area (Å²) >= 11 is 3.68. The van der Waals surface area contributed by atoms with Crippen LogP contribution < -0.4 is 5.73 Å². The van der Waals surface area contributed by atoms with Gasteiger partial charge in [-0.25, -0.2) is 4.98 Å². The molecule has 4 heteroatoms. The van der Waals surface area contributed by atoms with E-state index in [0.29, 0.717) is 5.13 Å². The van der Waals surface area contributed by atoms with Crippen molar-refractivity contribution in [3.8, 4) is 12.3 Å². The van der Waals surface area contributed by atoms with Crippen LogP contribution in [-0.2, 0) is 0 Å². The fraction of sp³-hybridized carbons (Fsp3) is 0. The summed E-state index contributed by atoms with van der Waals surface area (Å²) in [6.45, 7) is 0. The lowest BCUT2D eigenvalue weighted by molar-refractivity contribution is 1.47. The molecule has 0 fully saturated rings. The average molecular weight is 300 g/mol. The van der Waals surface area contributed by atoms with E-state index in [1.54, 1.807) is 0 Å². The number of nitrogens with two attached hydrogens (primary N) is 1. The molecule has 2 N–H and O–H groups in total.